The molecule has 11 heteroatoms. The minimum Gasteiger partial charge on any atom is -0.479 e. The largest absolute Gasteiger partial charge is 0.479 e. The van der Waals surface area contributed by atoms with Gasteiger partial charge in [-0.2, -0.15) is 0 Å². The lowest BCUT2D eigenvalue weighted by atomic mass is 10.0. The summed E-state index contributed by atoms with van der Waals surface area (Å²) in [7, 11) is 0. The molecule has 0 spiro atoms. The maximum absolute atomic E-state index is 12.5. The average molecular weight is 378 g/mol. The van der Waals surface area contributed by atoms with Crippen molar-refractivity contribution >= 4 is 29.4 Å². The molecular formula is C16H18N4O7. The highest BCUT2D eigenvalue weighted by atomic mass is 16.6. The van der Waals surface area contributed by atoms with Gasteiger partial charge in [0.15, 0.2) is 6.04 Å². The van der Waals surface area contributed by atoms with Gasteiger partial charge in [-0.15, -0.1) is 0 Å². The van der Waals surface area contributed by atoms with Crippen molar-refractivity contribution in [1.29, 1.82) is 0 Å². The molecule has 0 heterocycles. The lowest BCUT2D eigenvalue weighted by Crippen LogP contribution is -2.48. The van der Waals surface area contributed by atoms with Crippen molar-refractivity contribution in [1.82, 2.24) is 10.2 Å². The number of nitrogens with one attached hydrogen (secondary N) is 1. The molecule has 1 atom stereocenters. The monoisotopic (exact) mass is 378 g/mol. The Labute approximate surface area is 153 Å². The molecular weight excluding hydrogens is 360 g/mol. The number of carboxylic acids is 1. The summed E-state index contributed by atoms with van der Waals surface area (Å²) in [4.78, 5) is 58.7. The smallest absolute Gasteiger partial charge is 0.331 e. The number of benzene rings is 1. The van der Waals surface area contributed by atoms with E-state index in [0.717, 1.165) is 12.1 Å². The second kappa shape index (κ2) is 9.20. The van der Waals surface area contributed by atoms with Crippen molar-refractivity contribution in [2.75, 3.05) is 13.1 Å². The van der Waals surface area contributed by atoms with Crippen LogP contribution in [-0.4, -0.2) is 51.7 Å². The van der Waals surface area contributed by atoms with Crippen molar-refractivity contribution < 1.29 is 29.2 Å². The van der Waals surface area contributed by atoms with Crippen LogP contribution in [0.4, 0.5) is 5.69 Å². The molecule has 0 aromatic heterocycles. The Morgan fingerprint density at radius 1 is 1.33 bits per heavy atom. The standard InChI is InChI=1S/C16H18N4O7/c1-9(2)15(23)19(13(22)8-18-12(21)7-17)14(16(24)25)10-5-3-4-6-11(10)20(26)27/h3-6,14H,1,7-8,17H2,2H3,(H,18,21)(H,24,25)/t14-/m0/s1. The Morgan fingerprint density at radius 2 is 1.93 bits per heavy atom. The van der Waals surface area contributed by atoms with Gasteiger partial charge < -0.3 is 16.2 Å². The molecule has 144 valence electrons. The maximum atomic E-state index is 12.5. The third kappa shape index (κ3) is 5.19. The highest BCUT2D eigenvalue weighted by Gasteiger charge is 2.39. The van der Waals surface area contributed by atoms with Gasteiger partial charge in [0, 0.05) is 11.6 Å². The zero-order chi connectivity index (χ0) is 20.7. The van der Waals surface area contributed by atoms with Crippen LogP contribution in [0.3, 0.4) is 0 Å². The van der Waals surface area contributed by atoms with E-state index in [-0.39, 0.29) is 11.1 Å². The minimum atomic E-state index is -1.99. The highest BCUT2D eigenvalue weighted by molar-refractivity contribution is 6.07. The predicted octanol–water partition coefficient (Wildman–Crippen LogP) is -0.273. The second-order valence-corrected chi connectivity index (χ2v) is 5.39. The van der Waals surface area contributed by atoms with Gasteiger partial charge in [0.25, 0.3) is 11.6 Å². The SMILES string of the molecule is C=C(C)C(=O)N(C(=O)CNC(=O)CN)[C@H](C(=O)O)c1ccccc1[N+](=O)[O-]. The number of carbonyl (C=O) groups excluding carboxylic acids is 3. The van der Waals surface area contributed by atoms with Crippen LogP contribution in [0.5, 0.6) is 0 Å². The number of nitrogens with zero attached hydrogens (tertiary/aromatic N) is 2. The van der Waals surface area contributed by atoms with Crippen LogP contribution in [-0.2, 0) is 19.2 Å². The van der Waals surface area contributed by atoms with E-state index in [1.807, 2.05) is 0 Å². The number of aliphatic carboxylic acids is 1. The third-order valence-electron chi connectivity index (χ3n) is 3.39. The van der Waals surface area contributed by atoms with E-state index in [1.54, 1.807) is 0 Å². The van der Waals surface area contributed by atoms with E-state index in [9.17, 15) is 34.4 Å². The van der Waals surface area contributed by atoms with Gasteiger partial charge in [0.05, 0.1) is 23.6 Å². The number of nitro benzene ring substituents is 1. The number of amides is 3. The molecule has 0 saturated heterocycles. The maximum Gasteiger partial charge on any atom is 0.331 e. The van der Waals surface area contributed by atoms with Crippen molar-refractivity contribution in [2.45, 2.75) is 13.0 Å². The molecule has 4 N–H and O–H groups in total. The van der Waals surface area contributed by atoms with E-state index in [0.29, 0.717) is 4.90 Å². The highest BCUT2D eigenvalue weighted by Crippen LogP contribution is 2.30. The van der Waals surface area contributed by atoms with Crippen LogP contribution in [0.15, 0.2) is 36.4 Å². The van der Waals surface area contributed by atoms with Crippen molar-refractivity contribution in [2.24, 2.45) is 5.73 Å². The molecule has 0 saturated carbocycles. The number of rotatable bonds is 8. The summed E-state index contributed by atoms with van der Waals surface area (Å²) in [6.07, 6.45) is 0. The fourth-order valence-electron chi connectivity index (χ4n) is 2.18. The summed E-state index contributed by atoms with van der Waals surface area (Å²) >= 11 is 0. The zero-order valence-electron chi connectivity index (χ0n) is 14.4. The number of para-hydroxylation sites is 1. The number of carboxylic acid groups (broad SMARTS) is 1. The number of hydrogen-bond donors (Lipinski definition) is 3. The lowest BCUT2D eigenvalue weighted by molar-refractivity contribution is -0.385. The first kappa shape index (κ1) is 21.4. The fourth-order valence-corrected chi connectivity index (χ4v) is 2.18. The van der Waals surface area contributed by atoms with Crippen molar-refractivity contribution in [3.8, 4) is 0 Å². The molecule has 1 aromatic carbocycles. The van der Waals surface area contributed by atoms with Gasteiger partial charge in [-0.1, -0.05) is 18.7 Å². The number of carbonyl (C=O) groups is 4. The quantitative estimate of drug-likeness (QED) is 0.315. The molecule has 0 aliphatic rings. The Balaban J connectivity index is 3.47. The van der Waals surface area contributed by atoms with Gasteiger partial charge in [-0.05, 0) is 13.0 Å². The minimum absolute atomic E-state index is 0.168. The summed E-state index contributed by atoms with van der Waals surface area (Å²) in [5, 5.41) is 23.0. The first-order valence-electron chi connectivity index (χ1n) is 7.56. The zero-order valence-corrected chi connectivity index (χ0v) is 14.4. The molecule has 0 fully saturated rings. The molecule has 27 heavy (non-hydrogen) atoms. The van der Waals surface area contributed by atoms with E-state index in [1.165, 1.54) is 19.1 Å². The van der Waals surface area contributed by atoms with Gasteiger partial charge in [0.2, 0.25) is 11.8 Å². The van der Waals surface area contributed by atoms with Crippen molar-refractivity contribution in [3.63, 3.8) is 0 Å². The van der Waals surface area contributed by atoms with E-state index in [2.05, 4.69) is 11.9 Å². The van der Waals surface area contributed by atoms with Crippen LogP contribution in [0.2, 0.25) is 0 Å². The molecule has 0 radical (unpaired) electrons. The van der Waals surface area contributed by atoms with Gasteiger partial charge >= 0.3 is 5.97 Å². The molecule has 1 rings (SSSR count). The number of hydrogen-bond acceptors (Lipinski definition) is 7. The Hall–Kier alpha value is -3.60. The van der Waals surface area contributed by atoms with Crippen molar-refractivity contribution in [3.05, 3.63) is 52.1 Å². The average Bonchev–Trinajstić information content (AvgIpc) is 2.62. The molecule has 0 aliphatic carbocycles. The fraction of sp³-hybridized carbons (Fsp3) is 0.250. The lowest BCUT2D eigenvalue weighted by Gasteiger charge is -2.27. The van der Waals surface area contributed by atoms with E-state index >= 15 is 0 Å². The first-order chi connectivity index (χ1) is 12.6. The molecule has 0 bridgehead atoms. The summed E-state index contributed by atoms with van der Waals surface area (Å²) in [6.45, 7) is 3.49. The van der Waals surface area contributed by atoms with Crippen LogP contribution < -0.4 is 11.1 Å². The van der Waals surface area contributed by atoms with Gasteiger partial charge in [-0.3, -0.25) is 29.4 Å². The Bertz CT molecular complexity index is 806. The summed E-state index contributed by atoms with van der Waals surface area (Å²) in [5.41, 5.74) is 3.99. The predicted molar refractivity (Wildman–Crippen MR) is 92.2 cm³/mol. The van der Waals surface area contributed by atoms with Crippen LogP contribution in [0.25, 0.3) is 0 Å². The molecule has 3 amide bonds. The van der Waals surface area contributed by atoms with Gasteiger partial charge in [0.1, 0.15) is 0 Å². The molecule has 0 aliphatic heterocycles. The van der Waals surface area contributed by atoms with E-state index < -0.39 is 53.4 Å². The topological polar surface area (TPSA) is 173 Å². The van der Waals surface area contributed by atoms with Crippen LogP contribution in [0.1, 0.15) is 18.5 Å². The Kier molecular flexibility index (Phi) is 7.30. The first-order valence-corrected chi connectivity index (χ1v) is 7.56. The Morgan fingerprint density at radius 3 is 2.41 bits per heavy atom. The summed E-state index contributed by atoms with van der Waals surface area (Å²) in [6, 6.07) is 2.84. The number of imide groups is 1. The van der Waals surface area contributed by atoms with E-state index in [4.69, 9.17) is 5.73 Å². The molecule has 0 unspecified atom stereocenters. The van der Waals surface area contributed by atoms with Crippen LogP contribution in [0, 0.1) is 10.1 Å². The second-order valence-electron chi connectivity index (χ2n) is 5.39. The molecule has 11 nitrogen and oxygen atoms in total. The summed E-state index contributed by atoms with van der Waals surface area (Å²) in [5.74, 6) is -4.51. The normalized spacial score (nSPS) is 11.2. The number of nitro groups is 1. The summed E-state index contributed by atoms with van der Waals surface area (Å²) < 4.78 is 0. The van der Waals surface area contributed by atoms with Gasteiger partial charge in [-0.25, -0.2) is 4.79 Å². The van der Waals surface area contributed by atoms with Crippen LogP contribution >= 0.6 is 0 Å². The number of nitrogens with two attached hydrogens (primary N) is 1. The third-order valence-corrected chi connectivity index (χ3v) is 3.39. The molecule has 1 aromatic rings.